The molecule has 0 heterocycles. The summed E-state index contributed by atoms with van der Waals surface area (Å²) < 4.78 is 34.6. The highest BCUT2D eigenvalue weighted by atomic mass is 35.5. The first-order valence-electron chi connectivity index (χ1n) is 14.9. The maximum absolute atomic E-state index is 14.2. The molecule has 8 nitrogen and oxygen atoms in total. The molecule has 3 aromatic carbocycles. The first-order chi connectivity index (χ1) is 20.7. The van der Waals surface area contributed by atoms with Crippen LogP contribution in [0.1, 0.15) is 57.9 Å². The summed E-state index contributed by atoms with van der Waals surface area (Å²) in [4.78, 5) is 29.3. The van der Waals surface area contributed by atoms with E-state index in [1.807, 2.05) is 44.2 Å². The first-order valence-corrected chi connectivity index (χ1v) is 16.7. The van der Waals surface area contributed by atoms with Crippen LogP contribution in [-0.2, 0) is 26.2 Å². The van der Waals surface area contributed by atoms with Gasteiger partial charge in [-0.1, -0.05) is 68.1 Å². The van der Waals surface area contributed by atoms with Gasteiger partial charge in [-0.3, -0.25) is 13.9 Å². The number of nitrogens with zero attached hydrogens (tertiary/aromatic N) is 2. The molecular formula is C33H40ClN3O5S. The highest BCUT2D eigenvalue weighted by Gasteiger charge is 2.34. The van der Waals surface area contributed by atoms with E-state index in [0.717, 1.165) is 42.0 Å². The third-order valence-electron chi connectivity index (χ3n) is 7.65. The van der Waals surface area contributed by atoms with E-state index in [-0.39, 0.29) is 23.4 Å². The van der Waals surface area contributed by atoms with Crippen LogP contribution in [0.3, 0.4) is 0 Å². The molecule has 1 aliphatic carbocycles. The van der Waals surface area contributed by atoms with Crippen molar-refractivity contribution in [1.82, 2.24) is 10.2 Å². The van der Waals surface area contributed by atoms with Crippen LogP contribution in [0.4, 0.5) is 5.69 Å². The molecule has 10 heteroatoms. The summed E-state index contributed by atoms with van der Waals surface area (Å²) in [5.74, 6) is -0.120. The van der Waals surface area contributed by atoms with Crippen molar-refractivity contribution in [3.05, 3.63) is 89.4 Å². The number of carbonyl (C=O) groups excluding carboxylic acids is 2. The topological polar surface area (TPSA) is 96.0 Å². The van der Waals surface area contributed by atoms with Gasteiger partial charge >= 0.3 is 0 Å². The molecule has 4 rings (SSSR count). The maximum Gasteiger partial charge on any atom is 0.264 e. The predicted molar refractivity (Wildman–Crippen MR) is 170 cm³/mol. The van der Waals surface area contributed by atoms with Crippen LogP contribution >= 0.6 is 11.6 Å². The van der Waals surface area contributed by atoms with E-state index < -0.39 is 28.5 Å². The molecule has 1 atom stereocenters. The van der Waals surface area contributed by atoms with Gasteiger partial charge in [-0.2, -0.15) is 0 Å². The number of nitrogens with one attached hydrogen (secondary N) is 1. The average Bonchev–Trinajstić information content (AvgIpc) is 3.01. The van der Waals surface area contributed by atoms with Gasteiger partial charge in [-0.25, -0.2) is 8.42 Å². The van der Waals surface area contributed by atoms with Crippen LogP contribution in [0.2, 0.25) is 5.02 Å². The van der Waals surface area contributed by atoms with Gasteiger partial charge in [0.05, 0.1) is 17.2 Å². The minimum Gasteiger partial charge on any atom is -0.494 e. The van der Waals surface area contributed by atoms with Crippen molar-refractivity contribution >= 4 is 39.1 Å². The van der Waals surface area contributed by atoms with Crippen LogP contribution in [0.5, 0.6) is 5.75 Å². The van der Waals surface area contributed by atoms with Crippen molar-refractivity contribution in [1.29, 1.82) is 0 Å². The number of anilines is 1. The van der Waals surface area contributed by atoms with Crippen molar-refractivity contribution < 1.29 is 22.7 Å². The zero-order valence-corrected chi connectivity index (χ0v) is 26.3. The van der Waals surface area contributed by atoms with Crippen molar-refractivity contribution in [3.63, 3.8) is 0 Å². The molecule has 0 aromatic heterocycles. The number of rotatable bonds is 13. The lowest BCUT2D eigenvalue weighted by Crippen LogP contribution is -2.54. The Morgan fingerprint density at radius 1 is 0.930 bits per heavy atom. The fraction of sp³-hybridized carbons (Fsp3) is 0.394. The fourth-order valence-electron chi connectivity index (χ4n) is 5.38. The van der Waals surface area contributed by atoms with Crippen LogP contribution in [0.25, 0.3) is 0 Å². The number of carbonyl (C=O) groups is 2. The number of hydrogen-bond acceptors (Lipinski definition) is 5. The molecule has 1 fully saturated rings. The van der Waals surface area contributed by atoms with E-state index in [2.05, 4.69) is 5.32 Å². The monoisotopic (exact) mass is 625 g/mol. The van der Waals surface area contributed by atoms with Gasteiger partial charge in [-0.15, -0.1) is 0 Å². The number of sulfonamides is 1. The number of benzene rings is 3. The summed E-state index contributed by atoms with van der Waals surface area (Å²) in [6, 6.07) is 21.1. The van der Waals surface area contributed by atoms with Crippen molar-refractivity contribution in [3.8, 4) is 5.75 Å². The van der Waals surface area contributed by atoms with Gasteiger partial charge in [0.15, 0.2) is 0 Å². The largest absolute Gasteiger partial charge is 0.494 e. The molecule has 1 N–H and O–H groups in total. The summed E-state index contributed by atoms with van der Waals surface area (Å²) in [7, 11) is -4.19. The highest BCUT2D eigenvalue weighted by molar-refractivity contribution is 7.92. The Hall–Kier alpha value is -3.56. The van der Waals surface area contributed by atoms with Crippen LogP contribution in [-0.4, -0.2) is 50.4 Å². The first kappa shape index (κ1) is 32.4. The van der Waals surface area contributed by atoms with Gasteiger partial charge in [0.1, 0.15) is 18.3 Å². The van der Waals surface area contributed by atoms with Gasteiger partial charge in [-0.05, 0) is 80.3 Å². The Kier molecular flexibility index (Phi) is 11.5. The lowest BCUT2D eigenvalue weighted by Gasteiger charge is -2.34. The fourth-order valence-corrected chi connectivity index (χ4v) is 6.92. The molecular weight excluding hydrogens is 586 g/mol. The Morgan fingerprint density at radius 3 is 2.19 bits per heavy atom. The lowest BCUT2D eigenvalue weighted by atomic mass is 9.95. The molecule has 230 valence electrons. The number of hydrogen-bond donors (Lipinski definition) is 1. The second kappa shape index (κ2) is 15.3. The Balaban J connectivity index is 1.69. The average molecular weight is 626 g/mol. The van der Waals surface area contributed by atoms with Gasteiger partial charge < -0.3 is 15.0 Å². The van der Waals surface area contributed by atoms with E-state index in [4.69, 9.17) is 16.3 Å². The second-order valence-electron chi connectivity index (χ2n) is 10.7. The normalized spacial score (nSPS) is 14.5. The van der Waals surface area contributed by atoms with Gasteiger partial charge in [0.25, 0.3) is 10.0 Å². The lowest BCUT2D eigenvalue weighted by molar-refractivity contribution is -0.140. The molecule has 1 saturated carbocycles. The molecule has 2 amide bonds. The minimum absolute atomic E-state index is 0.00437. The molecule has 3 aromatic rings. The molecule has 0 bridgehead atoms. The Morgan fingerprint density at radius 2 is 1.58 bits per heavy atom. The van der Waals surface area contributed by atoms with Crippen molar-refractivity contribution in [2.24, 2.45) is 0 Å². The SMILES string of the molecule is CCOc1ccc(N(CC(=O)N(Cc2ccccc2)[C@H](CC)C(=O)NC2CCCCC2)S(=O)(=O)c2ccc(Cl)cc2)cc1. The summed E-state index contributed by atoms with van der Waals surface area (Å²) in [5, 5.41) is 3.56. The summed E-state index contributed by atoms with van der Waals surface area (Å²) in [5.41, 5.74) is 1.14. The molecule has 0 saturated heterocycles. The third kappa shape index (κ3) is 8.51. The van der Waals surface area contributed by atoms with E-state index in [1.165, 1.54) is 29.2 Å². The second-order valence-corrected chi connectivity index (χ2v) is 13.0. The van der Waals surface area contributed by atoms with E-state index in [1.54, 1.807) is 24.3 Å². The molecule has 1 aliphatic rings. The van der Waals surface area contributed by atoms with Gasteiger partial charge in [0.2, 0.25) is 11.8 Å². The van der Waals surface area contributed by atoms with Crippen LogP contribution in [0, 0.1) is 0 Å². The van der Waals surface area contributed by atoms with Crippen molar-refractivity contribution in [2.45, 2.75) is 75.9 Å². The zero-order chi connectivity index (χ0) is 30.8. The standard InChI is InChI=1S/C33H40ClN3O5S/c1-3-31(33(39)35-27-13-9-6-10-14-27)36(23-25-11-7-5-8-12-25)32(38)24-37(28-17-19-29(20-18-28)42-4-2)43(40,41)30-21-15-26(34)16-22-30/h5,7-8,11-12,15-22,27,31H,3-4,6,9-10,13-14,23-24H2,1-2H3,(H,35,39)/t31-/m1/s1. The molecule has 0 spiro atoms. The quantitative estimate of drug-likeness (QED) is 0.244. The Labute approximate surface area is 260 Å². The van der Waals surface area contributed by atoms with Crippen molar-refractivity contribution in [2.75, 3.05) is 17.5 Å². The smallest absolute Gasteiger partial charge is 0.264 e. The van der Waals surface area contributed by atoms with E-state index >= 15 is 0 Å². The van der Waals surface area contributed by atoms with E-state index in [9.17, 15) is 18.0 Å². The minimum atomic E-state index is -4.19. The zero-order valence-electron chi connectivity index (χ0n) is 24.7. The third-order valence-corrected chi connectivity index (χ3v) is 9.69. The van der Waals surface area contributed by atoms with E-state index in [0.29, 0.717) is 29.5 Å². The number of ether oxygens (including phenoxy) is 1. The van der Waals surface area contributed by atoms with Crippen LogP contribution < -0.4 is 14.4 Å². The molecule has 0 aliphatic heterocycles. The number of halogens is 1. The molecule has 0 radical (unpaired) electrons. The summed E-state index contributed by atoms with van der Waals surface area (Å²) in [6.07, 6.45) is 5.50. The van der Waals surface area contributed by atoms with Crippen LogP contribution in [0.15, 0.2) is 83.8 Å². The summed E-state index contributed by atoms with van der Waals surface area (Å²) in [6.45, 7) is 3.85. The Bertz CT molecular complexity index is 1440. The summed E-state index contributed by atoms with van der Waals surface area (Å²) >= 11 is 6.04. The van der Waals surface area contributed by atoms with Gasteiger partial charge in [0, 0.05) is 17.6 Å². The number of amides is 2. The predicted octanol–water partition coefficient (Wildman–Crippen LogP) is 6.19. The maximum atomic E-state index is 14.2. The highest BCUT2D eigenvalue weighted by Crippen LogP contribution is 2.28. The molecule has 43 heavy (non-hydrogen) atoms. The molecule has 0 unspecified atom stereocenters.